The minimum Gasteiger partial charge on any atom is -0.492 e. The Kier molecular flexibility index (Phi) is 5.40. The molecule has 0 unspecified atom stereocenters. The van der Waals surface area contributed by atoms with Gasteiger partial charge < -0.3 is 14.8 Å². The second-order valence-corrected chi connectivity index (χ2v) is 5.83. The van der Waals surface area contributed by atoms with E-state index < -0.39 is 0 Å². The summed E-state index contributed by atoms with van der Waals surface area (Å²) < 4.78 is 10.9. The van der Waals surface area contributed by atoms with Gasteiger partial charge in [0.05, 0.1) is 12.2 Å². The normalized spacial score (nSPS) is 13.0. The number of carbonyl (C=O) groups is 2. The van der Waals surface area contributed by atoms with Crippen molar-refractivity contribution in [2.45, 2.75) is 0 Å². The number of fused-ring (bicyclic) bond motifs is 1. The summed E-state index contributed by atoms with van der Waals surface area (Å²) >= 11 is 5.80. The van der Waals surface area contributed by atoms with Gasteiger partial charge in [-0.1, -0.05) is 23.7 Å². The molecule has 0 spiro atoms. The van der Waals surface area contributed by atoms with Crippen molar-refractivity contribution in [3.63, 3.8) is 0 Å². The van der Waals surface area contributed by atoms with Crippen molar-refractivity contribution in [2.24, 2.45) is 0 Å². The van der Waals surface area contributed by atoms with Gasteiger partial charge in [0.1, 0.15) is 24.7 Å². The third-order valence-electron chi connectivity index (χ3n) is 3.62. The third kappa shape index (κ3) is 4.42. The highest BCUT2D eigenvalue weighted by molar-refractivity contribution is 6.30. The Labute approximate surface area is 150 Å². The van der Waals surface area contributed by atoms with Crippen LogP contribution in [-0.4, -0.2) is 38.1 Å². The number of benzene rings is 2. The average molecular weight is 361 g/mol. The molecule has 0 radical (unpaired) electrons. The Hall–Kier alpha value is -2.73. The van der Waals surface area contributed by atoms with E-state index in [-0.39, 0.29) is 25.0 Å². The number of nitrogens with zero attached hydrogens (tertiary/aromatic N) is 1. The van der Waals surface area contributed by atoms with E-state index in [4.69, 9.17) is 21.1 Å². The van der Waals surface area contributed by atoms with E-state index in [0.29, 0.717) is 35.4 Å². The van der Waals surface area contributed by atoms with Crippen molar-refractivity contribution in [3.8, 4) is 11.5 Å². The molecule has 0 saturated heterocycles. The fraction of sp³-hybridized carbons (Fsp3) is 0.222. The van der Waals surface area contributed by atoms with E-state index in [1.807, 2.05) is 6.07 Å². The maximum absolute atomic E-state index is 12.1. The number of ether oxygens (including phenoxy) is 2. The lowest BCUT2D eigenvalue weighted by Crippen LogP contribution is -2.45. The Morgan fingerprint density at radius 3 is 2.76 bits per heavy atom. The summed E-state index contributed by atoms with van der Waals surface area (Å²) in [5.74, 6) is 0.771. The van der Waals surface area contributed by atoms with Gasteiger partial charge in [-0.3, -0.25) is 14.5 Å². The standard InChI is InChI=1S/C18H17ClN2O4/c19-13-5-7-14(8-6-13)24-10-9-20-17(22)11-21-15-3-1-2-4-16(15)25-12-18(21)23/h1-8H,9-12H2,(H,20,22). The quantitative estimate of drug-likeness (QED) is 0.802. The first-order chi connectivity index (χ1) is 12.1. The largest absolute Gasteiger partial charge is 0.492 e. The summed E-state index contributed by atoms with van der Waals surface area (Å²) in [7, 11) is 0. The van der Waals surface area contributed by atoms with Gasteiger partial charge in [-0.05, 0) is 36.4 Å². The van der Waals surface area contributed by atoms with Gasteiger partial charge in [0.2, 0.25) is 5.91 Å². The number of rotatable bonds is 6. The van der Waals surface area contributed by atoms with Crippen LogP contribution in [0.3, 0.4) is 0 Å². The topological polar surface area (TPSA) is 67.9 Å². The van der Waals surface area contributed by atoms with Crippen LogP contribution in [0.2, 0.25) is 5.02 Å². The number of nitrogens with one attached hydrogen (secondary N) is 1. The summed E-state index contributed by atoms with van der Waals surface area (Å²) in [6.45, 7) is 0.535. The Morgan fingerprint density at radius 1 is 1.20 bits per heavy atom. The Morgan fingerprint density at radius 2 is 1.96 bits per heavy atom. The van der Waals surface area contributed by atoms with Crippen LogP contribution in [0.5, 0.6) is 11.5 Å². The molecule has 0 bridgehead atoms. The lowest BCUT2D eigenvalue weighted by Gasteiger charge is -2.28. The monoisotopic (exact) mass is 360 g/mol. The molecule has 2 amide bonds. The summed E-state index contributed by atoms with van der Waals surface area (Å²) in [6, 6.07) is 14.1. The predicted octanol–water partition coefficient (Wildman–Crippen LogP) is 2.26. The number of anilines is 1. The number of halogens is 1. The SMILES string of the molecule is O=C(CN1C(=O)COc2ccccc21)NCCOc1ccc(Cl)cc1. The molecular weight excluding hydrogens is 344 g/mol. The highest BCUT2D eigenvalue weighted by atomic mass is 35.5. The summed E-state index contributed by atoms with van der Waals surface area (Å²) in [5, 5.41) is 3.37. The van der Waals surface area contributed by atoms with Gasteiger partial charge >= 0.3 is 0 Å². The van der Waals surface area contributed by atoms with Crippen LogP contribution in [0.4, 0.5) is 5.69 Å². The van der Waals surface area contributed by atoms with E-state index in [1.165, 1.54) is 4.90 Å². The van der Waals surface area contributed by atoms with E-state index >= 15 is 0 Å². The molecule has 0 saturated carbocycles. The number of hydrogen-bond acceptors (Lipinski definition) is 4. The van der Waals surface area contributed by atoms with Crippen LogP contribution >= 0.6 is 11.6 Å². The molecule has 0 fully saturated rings. The third-order valence-corrected chi connectivity index (χ3v) is 3.87. The van der Waals surface area contributed by atoms with Gasteiger partial charge in [0, 0.05) is 5.02 Å². The molecule has 2 aromatic rings. The molecule has 7 heteroatoms. The van der Waals surface area contributed by atoms with E-state index in [0.717, 1.165) is 0 Å². The Balaban J connectivity index is 1.48. The van der Waals surface area contributed by atoms with Gasteiger partial charge in [-0.25, -0.2) is 0 Å². The zero-order chi connectivity index (χ0) is 17.6. The molecule has 0 aromatic heterocycles. The average Bonchev–Trinajstić information content (AvgIpc) is 2.63. The highest BCUT2D eigenvalue weighted by Crippen LogP contribution is 2.31. The molecule has 0 atom stereocenters. The molecule has 1 aliphatic rings. The van der Waals surface area contributed by atoms with Crippen LogP contribution in [0.25, 0.3) is 0 Å². The van der Waals surface area contributed by atoms with E-state index in [9.17, 15) is 9.59 Å². The number of hydrogen-bond donors (Lipinski definition) is 1. The minimum absolute atomic E-state index is 0.0554. The molecule has 2 aromatic carbocycles. The maximum atomic E-state index is 12.1. The summed E-state index contributed by atoms with van der Waals surface area (Å²) in [6.07, 6.45) is 0. The first-order valence-electron chi connectivity index (χ1n) is 7.81. The lowest BCUT2D eigenvalue weighted by atomic mass is 10.2. The summed E-state index contributed by atoms with van der Waals surface area (Å²) in [4.78, 5) is 25.5. The maximum Gasteiger partial charge on any atom is 0.265 e. The first-order valence-corrected chi connectivity index (χ1v) is 8.18. The molecule has 1 heterocycles. The highest BCUT2D eigenvalue weighted by Gasteiger charge is 2.26. The van der Waals surface area contributed by atoms with Crippen LogP contribution in [-0.2, 0) is 9.59 Å². The molecule has 0 aliphatic carbocycles. The van der Waals surface area contributed by atoms with Gasteiger partial charge in [-0.15, -0.1) is 0 Å². The number of amides is 2. The zero-order valence-electron chi connectivity index (χ0n) is 13.4. The summed E-state index contributed by atoms with van der Waals surface area (Å²) in [5.41, 5.74) is 0.603. The Bertz CT molecular complexity index is 764. The van der Waals surface area contributed by atoms with Crippen molar-refractivity contribution in [1.29, 1.82) is 0 Å². The van der Waals surface area contributed by atoms with Gasteiger partial charge in [0.15, 0.2) is 6.61 Å². The minimum atomic E-state index is -0.259. The fourth-order valence-electron chi connectivity index (χ4n) is 2.42. The first kappa shape index (κ1) is 17.1. The predicted molar refractivity (Wildman–Crippen MR) is 94.2 cm³/mol. The molecule has 3 rings (SSSR count). The van der Waals surface area contributed by atoms with E-state index in [1.54, 1.807) is 42.5 Å². The second-order valence-electron chi connectivity index (χ2n) is 5.39. The molecular formula is C18H17ClN2O4. The number of carbonyl (C=O) groups excluding carboxylic acids is 2. The molecule has 6 nitrogen and oxygen atoms in total. The van der Waals surface area contributed by atoms with Crippen LogP contribution in [0.1, 0.15) is 0 Å². The molecule has 1 aliphatic heterocycles. The van der Waals surface area contributed by atoms with Crippen LogP contribution in [0.15, 0.2) is 48.5 Å². The molecule has 25 heavy (non-hydrogen) atoms. The van der Waals surface area contributed by atoms with Crippen molar-refractivity contribution < 1.29 is 19.1 Å². The van der Waals surface area contributed by atoms with Crippen molar-refractivity contribution in [3.05, 3.63) is 53.6 Å². The van der Waals surface area contributed by atoms with Crippen LogP contribution in [0, 0.1) is 0 Å². The number of para-hydroxylation sites is 2. The van der Waals surface area contributed by atoms with Gasteiger partial charge in [0.25, 0.3) is 5.91 Å². The van der Waals surface area contributed by atoms with Crippen molar-refractivity contribution in [1.82, 2.24) is 5.32 Å². The molecule has 130 valence electrons. The zero-order valence-corrected chi connectivity index (χ0v) is 14.2. The lowest BCUT2D eigenvalue weighted by molar-refractivity contribution is -0.125. The smallest absolute Gasteiger partial charge is 0.265 e. The van der Waals surface area contributed by atoms with Crippen molar-refractivity contribution >= 4 is 29.1 Å². The van der Waals surface area contributed by atoms with Crippen molar-refractivity contribution in [2.75, 3.05) is 31.2 Å². The molecule has 1 N–H and O–H groups in total. The van der Waals surface area contributed by atoms with Crippen LogP contribution < -0.4 is 19.7 Å². The second kappa shape index (κ2) is 7.90. The van der Waals surface area contributed by atoms with Gasteiger partial charge in [-0.2, -0.15) is 0 Å². The van der Waals surface area contributed by atoms with E-state index in [2.05, 4.69) is 5.32 Å². The fourth-order valence-corrected chi connectivity index (χ4v) is 2.54.